The molecule has 0 radical (unpaired) electrons. The average molecular weight is 384 g/mol. The van der Waals surface area contributed by atoms with Gasteiger partial charge in [0.1, 0.15) is 6.04 Å². The summed E-state index contributed by atoms with van der Waals surface area (Å²) < 4.78 is 16.6. The van der Waals surface area contributed by atoms with Gasteiger partial charge in [0.2, 0.25) is 0 Å². The van der Waals surface area contributed by atoms with Crippen LogP contribution in [-0.2, 0) is 14.3 Å². The number of oxazole rings is 1. The molecule has 8 heteroatoms. The first-order valence-corrected chi connectivity index (χ1v) is 8.61. The maximum Gasteiger partial charge on any atom is 0.338 e. The number of hydrogen-bond donors (Lipinski definition) is 1. The third-order valence-corrected chi connectivity index (χ3v) is 4.39. The maximum atomic E-state index is 13.0. The summed E-state index contributed by atoms with van der Waals surface area (Å²) in [6, 6.07) is 6.34. The standard InChI is InChI=1S/C20H20N2O6/c1-5-12-9-7-8-10-13(12)15-14(18(24)27-6-2)11(3)21-20-22(15)17(23)16(28-20)19(25)26-4/h5,7-10,15,25H,1,6H2,2-4H3/b19-16-. The fourth-order valence-corrected chi connectivity index (χ4v) is 3.15. The summed E-state index contributed by atoms with van der Waals surface area (Å²) in [4.78, 5) is 29.9. The van der Waals surface area contributed by atoms with E-state index in [0.717, 1.165) is 5.56 Å². The van der Waals surface area contributed by atoms with Crippen LogP contribution >= 0.6 is 0 Å². The third kappa shape index (κ3) is 3.02. The summed E-state index contributed by atoms with van der Waals surface area (Å²) in [6.45, 7) is 7.30. The molecule has 1 atom stereocenters. The van der Waals surface area contributed by atoms with E-state index < -0.39 is 28.9 Å². The largest absolute Gasteiger partial charge is 0.478 e. The molecular weight excluding hydrogens is 364 g/mol. The summed E-state index contributed by atoms with van der Waals surface area (Å²) in [5.74, 6) is -1.26. The Hall–Kier alpha value is -3.55. The van der Waals surface area contributed by atoms with Crippen molar-refractivity contribution in [3.63, 3.8) is 0 Å². The van der Waals surface area contributed by atoms with Crippen molar-refractivity contribution in [2.24, 2.45) is 4.99 Å². The molecule has 1 unspecified atom stereocenters. The molecule has 2 heterocycles. The highest BCUT2D eigenvalue weighted by Gasteiger charge is 2.35. The van der Waals surface area contributed by atoms with E-state index in [2.05, 4.69) is 11.6 Å². The van der Waals surface area contributed by atoms with Crippen LogP contribution in [0, 0.1) is 0 Å². The lowest BCUT2D eigenvalue weighted by Gasteiger charge is -2.25. The predicted molar refractivity (Wildman–Crippen MR) is 101 cm³/mol. The molecule has 1 aromatic carbocycles. The number of aliphatic hydroxyl groups is 1. The Morgan fingerprint density at radius 2 is 2.14 bits per heavy atom. The van der Waals surface area contributed by atoms with Gasteiger partial charge in [0.15, 0.2) is 0 Å². The molecule has 0 aliphatic carbocycles. The van der Waals surface area contributed by atoms with Gasteiger partial charge in [0.05, 0.1) is 25.0 Å². The van der Waals surface area contributed by atoms with Crippen LogP contribution in [0.5, 0.6) is 0 Å². The lowest BCUT2D eigenvalue weighted by atomic mass is 9.92. The minimum absolute atomic E-state index is 0.0574. The van der Waals surface area contributed by atoms with Crippen molar-refractivity contribution in [3.8, 4) is 0 Å². The zero-order valence-corrected chi connectivity index (χ0v) is 15.8. The van der Waals surface area contributed by atoms with Crippen LogP contribution in [0.1, 0.15) is 31.0 Å². The number of esters is 1. The Morgan fingerprint density at radius 1 is 1.43 bits per heavy atom. The van der Waals surface area contributed by atoms with E-state index in [1.807, 2.05) is 12.1 Å². The molecule has 2 aromatic rings. The van der Waals surface area contributed by atoms with Gasteiger partial charge < -0.3 is 19.0 Å². The van der Waals surface area contributed by atoms with Crippen LogP contribution in [0.3, 0.4) is 0 Å². The smallest absolute Gasteiger partial charge is 0.338 e. The van der Waals surface area contributed by atoms with Crippen molar-refractivity contribution >= 4 is 18.0 Å². The zero-order valence-electron chi connectivity index (χ0n) is 15.8. The van der Waals surface area contributed by atoms with Crippen molar-refractivity contribution < 1.29 is 23.8 Å². The number of rotatable bonds is 5. The van der Waals surface area contributed by atoms with Crippen molar-refractivity contribution in [2.75, 3.05) is 13.7 Å². The van der Waals surface area contributed by atoms with Crippen molar-refractivity contribution in [2.45, 2.75) is 19.9 Å². The first-order chi connectivity index (χ1) is 13.4. The monoisotopic (exact) mass is 384 g/mol. The summed E-state index contributed by atoms with van der Waals surface area (Å²) in [6.07, 6.45) is 1.63. The van der Waals surface area contributed by atoms with Crippen LogP contribution in [0.25, 0.3) is 12.0 Å². The molecule has 1 aromatic heterocycles. The molecular formula is C20H20N2O6. The molecule has 0 spiro atoms. The summed E-state index contributed by atoms with van der Waals surface area (Å²) in [5, 5.41) is 9.87. The van der Waals surface area contributed by atoms with E-state index in [1.165, 1.54) is 11.7 Å². The van der Waals surface area contributed by atoms with Gasteiger partial charge in [0.25, 0.3) is 5.42 Å². The number of carbonyl (C=O) groups is 1. The van der Waals surface area contributed by atoms with E-state index in [9.17, 15) is 14.7 Å². The molecule has 0 fully saturated rings. The predicted octanol–water partition coefficient (Wildman–Crippen LogP) is 1.41. The number of fused-ring (bicyclic) bond motifs is 1. The molecule has 8 nitrogen and oxygen atoms in total. The van der Waals surface area contributed by atoms with Gasteiger partial charge in [-0.05, 0) is 25.0 Å². The Morgan fingerprint density at radius 3 is 2.79 bits per heavy atom. The third-order valence-electron chi connectivity index (χ3n) is 4.39. The number of methoxy groups -OCH3 is 1. The Kier molecular flexibility index (Phi) is 5.21. The van der Waals surface area contributed by atoms with Gasteiger partial charge in [-0.3, -0.25) is 4.79 Å². The summed E-state index contributed by atoms with van der Waals surface area (Å²) >= 11 is 0. The van der Waals surface area contributed by atoms with Gasteiger partial charge in [-0.2, -0.15) is 0 Å². The number of allylic oxidation sites excluding steroid dienone is 1. The Labute approximate surface area is 160 Å². The maximum absolute atomic E-state index is 13.0. The molecule has 3 rings (SSSR count). The van der Waals surface area contributed by atoms with Gasteiger partial charge in [0, 0.05) is 0 Å². The minimum atomic E-state index is -0.865. The topological polar surface area (TPSA) is 103 Å². The number of ether oxygens (including phenoxy) is 2. The van der Waals surface area contributed by atoms with E-state index in [4.69, 9.17) is 13.9 Å². The number of benzene rings is 1. The first kappa shape index (κ1) is 19.2. The summed E-state index contributed by atoms with van der Waals surface area (Å²) in [7, 11) is 1.20. The van der Waals surface area contributed by atoms with Crippen LogP contribution < -0.4 is 16.7 Å². The first-order valence-electron chi connectivity index (χ1n) is 8.61. The molecule has 1 aliphatic heterocycles. The highest BCUT2D eigenvalue weighted by atomic mass is 16.6. The van der Waals surface area contributed by atoms with E-state index >= 15 is 0 Å². The zero-order chi connectivity index (χ0) is 20.4. The minimum Gasteiger partial charge on any atom is -0.478 e. The van der Waals surface area contributed by atoms with E-state index in [1.54, 1.807) is 32.1 Å². The molecule has 1 aliphatic rings. The molecule has 28 heavy (non-hydrogen) atoms. The average Bonchev–Trinajstić information content (AvgIpc) is 3.02. The van der Waals surface area contributed by atoms with E-state index in [-0.39, 0.29) is 17.9 Å². The van der Waals surface area contributed by atoms with Crippen LogP contribution in [-0.4, -0.2) is 29.4 Å². The van der Waals surface area contributed by atoms with Crippen molar-refractivity contribution in [1.82, 2.24) is 4.57 Å². The second kappa shape index (κ2) is 7.59. The second-order valence-electron chi connectivity index (χ2n) is 5.97. The van der Waals surface area contributed by atoms with Gasteiger partial charge in [-0.1, -0.05) is 36.9 Å². The fourth-order valence-electron chi connectivity index (χ4n) is 3.15. The number of nitrogens with zero attached hydrogens (tertiary/aromatic N) is 2. The molecule has 0 amide bonds. The molecule has 146 valence electrons. The number of aliphatic hydroxyl groups excluding tert-OH is 1. The van der Waals surface area contributed by atoms with Crippen molar-refractivity contribution in [3.05, 3.63) is 74.7 Å². The molecule has 1 N–H and O–H groups in total. The molecule has 0 bridgehead atoms. The normalized spacial score (nSPS) is 16.8. The van der Waals surface area contributed by atoms with E-state index in [0.29, 0.717) is 11.3 Å². The Balaban J connectivity index is 2.41. The number of carbonyl (C=O) groups excluding carboxylic acids is 1. The number of hydrogen-bond acceptors (Lipinski definition) is 7. The van der Waals surface area contributed by atoms with Crippen LogP contribution in [0.4, 0.5) is 0 Å². The fraction of sp³-hybridized carbons (Fsp3) is 0.250. The molecule has 0 saturated carbocycles. The van der Waals surface area contributed by atoms with Gasteiger partial charge in [-0.15, -0.1) is 0 Å². The SMILES string of the molecule is C=Cc1ccccc1C1C(C(=O)OCC)=C(C)N=c2o/c(=C(/O)OC)c(=O)n21. The second-order valence-corrected chi connectivity index (χ2v) is 5.97. The summed E-state index contributed by atoms with van der Waals surface area (Å²) in [5.41, 5.74) is 0.774. The van der Waals surface area contributed by atoms with Crippen LogP contribution in [0.15, 0.2) is 56.3 Å². The highest BCUT2D eigenvalue weighted by Crippen LogP contribution is 2.32. The van der Waals surface area contributed by atoms with Crippen LogP contribution in [0.2, 0.25) is 0 Å². The van der Waals surface area contributed by atoms with Gasteiger partial charge >= 0.3 is 23.2 Å². The number of aromatic nitrogens is 1. The van der Waals surface area contributed by atoms with Crippen molar-refractivity contribution in [1.29, 1.82) is 0 Å². The van der Waals surface area contributed by atoms with Gasteiger partial charge in [-0.25, -0.2) is 14.4 Å². The molecule has 0 saturated heterocycles. The Bertz CT molecular complexity index is 1150. The lowest BCUT2D eigenvalue weighted by molar-refractivity contribution is -0.139. The highest BCUT2D eigenvalue weighted by molar-refractivity contribution is 5.91. The lowest BCUT2D eigenvalue weighted by Crippen LogP contribution is -2.40. The quantitative estimate of drug-likeness (QED) is 0.782.